The Hall–Kier alpha value is -2.91. The molecule has 9 nitrogen and oxygen atoms in total. The van der Waals surface area contributed by atoms with Crippen molar-refractivity contribution in [3.63, 3.8) is 0 Å². The number of amidine groups is 1. The van der Waals surface area contributed by atoms with Gasteiger partial charge in [-0.2, -0.15) is 0 Å². The molecule has 9 N–H and O–H groups in total. The van der Waals surface area contributed by atoms with Gasteiger partial charge in [-0.1, -0.05) is 0 Å². The zero-order chi connectivity index (χ0) is 19.1. The molecule has 1 fully saturated rings. The number of amides is 1. The highest BCUT2D eigenvalue weighted by Gasteiger charge is 2.18. The van der Waals surface area contributed by atoms with Crippen LogP contribution in [-0.2, 0) is 4.79 Å². The summed E-state index contributed by atoms with van der Waals surface area (Å²) in [6.07, 6.45) is 0.795. The van der Waals surface area contributed by atoms with Gasteiger partial charge in [-0.25, -0.2) is 0 Å². The van der Waals surface area contributed by atoms with Crippen LogP contribution in [0.15, 0.2) is 35.5 Å². The first-order chi connectivity index (χ1) is 12.5. The third kappa shape index (κ3) is 4.80. The second kappa shape index (κ2) is 8.97. The molecule has 1 aromatic carbocycles. The lowest BCUT2D eigenvalue weighted by atomic mass is 10.1. The van der Waals surface area contributed by atoms with E-state index in [1.807, 2.05) is 24.3 Å². The third-order valence-corrected chi connectivity index (χ3v) is 4.26. The lowest BCUT2D eigenvalue weighted by molar-refractivity contribution is -0.114. The number of hydrogen-bond donors (Lipinski definition) is 6. The predicted octanol–water partition coefficient (Wildman–Crippen LogP) is -0.496. The van der Waals surface area contributed by atoms with E-state index in [9.17, 15) is 4.79 Å². The molecule has 0 radical (unpaired) electrons. The molecule has 2 rings (SSSR count). The van der Waals surface area contributed by atoms with E-state index in [0.29, 0.717) is 12.2 Å². The molecule has 1 amide bonds. The van der Waals surface area contributed by atoms with Gasteiger partial charge in [0.2, 0.25) is 0 Å². The zero-order valence-corrected chi connectivity index (χ0v) is 14.7. The van der Waals surface area contributed by atoms with E-state index in [1.54, 1.807) is 0 Å². The number of nitrogens with two attached hydrogens (primary N) is 3. The van der Waals surface area contributed by atoms with Crippen LogP contribution in [0.25, 0.3) is 0 Å². The van der Waals surface area contributed by atoms with Gasteiger partial charge in [0.15, 0.2) is 0 Å². The van der Waals surface area contributed by atoms with Crippen LogP contribution in [0.2, 0.25) is 0 Å². The number of piperazine rings is 1. The summed E-state index contributed by atoms with van der Waals surface area (Å²) in [4.78, 5) is 16.1. The number of carbonyl (C=O) groups is 1. The van der Waals surface area contributed by atoms with Crippen molar-refractivity contribution in [2.45, 2.75) is 0 Å². The highest BCUT2D eigenvalue weighted by molar-refractivity contribution is 6.25. The van der Waals surface area contributed by atoms with E-state index in [4.69, 9.17) is 28.0 Å². The number of rotatable bonds is 7. The van der Waals surface area contributed by atoms with E-state index in [1.165, 1.54) is 0 Å². The summed E-state index contributed by atoms with van der Waals surface area (Å²) in [5, 5.41) is 17.9. The monoisotopic (exact) mass is 358 g/mol. The highest BCUT2D eigenvalue weighted by atomic mass is 16.1. The maximum absolute atomic E-state index is 11.4. The Morgan fingerprint density at radius 2 is 1.77 bits per heavy atom. The first-order valence-corrected chi connectivity index (χ1v) is 8.39. The fourth-order valence-electron chi connectivity index (χ4n) is 2.86. The lowest BCUT2D eigenvalue weighted by Gasteiger charge is -2.36. The Labute approximate surface area is 152 Å². The van der Waals surface area contributed by atoms with Crippen molar-refractivity contribution >= 4 is 29.3 Å². The Balaban J connectivity index is 2.01. The van der Waals surface area contributed by atoms with Crippen LogP contribution in [0.3, 0.4) is 0 Å². The van der Waals surface area contributed by atoms with Crippen molar-refractivity contribution in [2.75, 3.05) is 49.5 Å². The van der Waals surface area contributed by atoms with E-state index in [0.717, 1.165) is 44.6 Å². The molecule has 1 aromatic rings. The van der Waals surface area contributed by atoms with Crippen molar-refractivity contribution in [3.05, 3.63) is 35.5 Å². The number of allylic oxidation sites excluding steroid dienone is 1. The lowest BCUT2D eigenvalue weighted by Crippen LogP contribution is -2.47. The molecule has 0 bridgehead atoms. The number of carbonyl (C=O) groups excluding carboxylic acids is 1. The maximum Gasteiger partial charge on any atom is 0.254 e. The van der Waals surface area contributed by atoms with Gasteiger partial charge in [0.25, 0.3) is 5.91 Å². The standard InChI is InChI=1S/C17H26N8O/c18-5-6-24-7-9-25(10-8-24)13-3-1-12(2-4-13)23-16(21)15(17(22)26)14(20)11-19/h1-4,11,19H,5-10,18,20H2,(H2,21,23)(H2,22,26)/b15-14+,19-11?. The second-order valence-corrected chi connectivity index (χ2v) is 6.00. The zero-order valence-electron chi connectivity index (χ0n) is 14.7. The van der Waals surface area contributed by atoms with Crippen LogP contribution in [0, 0.1) is 10.8 Å². The normalized spacial score (nSPS) is 16.0. The summed E-state index contributed by atoms with van der Waals surface area (Å²) >= 11 is 0. The topological polar surface area (TPSA) is 161 Å². The fraction of sp³-hybridized carbons (Fsp3) is 0.353. The molecule has 0 saturated carbocycles. The Kier molecular flexibility index (Phi) is 6.70. The van der Waals surface area contributed by atoms with Crippen LogP contribution >= 0.6 is 0 Å². The molecule has 1 heterocycles. The molecular formula is C17H26N8O. The average Bonchev–Trinajstić information content (AvgIpc) is 2.63. The minimum atomic E-state index is -0.851. The van der Waals surface area contributed by atoms with Crippen molar-refractivity contribution in [1.82, 2.24) is 4.90 Å². The summed E-state index contributed by atoms with van der Waals surface area (Å²) in [5.74, 6) is -1.09. The molecule has 140 valence electrons. The second-order valence-electron chi connectivity index (χ2n) is 6.00. The van der Waals surface area contributed by atoms with Gasteiger partial charge < -0.3 is 32.8 Å². The summed E-state index contributed by atoms with van der Waals surface area (Å²) in [6, 6.07) is 7.58. The largest absolute Gasteiger partial charge is 0.397 e. The maximum atomic E-state index is 11.4. The summed E-state index contributed by atoms with van der Waals surface area (Å²) in [6.45, 7) is 5.44. The minimum absolute atomic E-state index is 0.151. The molecule has 26 heavy (non-hydrogen) atoms. The van der Waals surface area contributed by atoms with Crippen LogP contribution in [-0.4, -0.2) is 62.1 Å². The van der Waals surface area contributed by atoms with Crippen LogP contribution in [0.5, 0.6) is 0 Å². The van der Waals surface area contributed by atoms with E-state index in [2.05, 4.69) is 15.1 Å². The first kappa shape index (κ1) is 19.4. The van der Waals surface area contributed by atoms with Gasteiger partial charge in [0, 0.05) is 56.9 Å². The van der Waals surface area contributed by atoms with Gasteiger partial charge in [-0.15, -0.1) is 0 Å². The molecule has 1 saturated heterocycles. The van der Waals surface area contributed by atoms with Crippen molar-refractivity contribution < 1.29 is 4.79 Å². The van der Waals surface area contributed by atoms with Crippen molar-refractivity contribution in [1.29, 1.82) is 10.8 Å². The number of primary amides is 1. The summed E-state index contributed by atoms with van der Waals surface area (Å²) < 4.78 is 0. The average molecular weight is 358 g/mol. The van der Waals surface area contributed by atoms with Crippen LogP contribution < -0.4 is 27.4 Å². The van der Waals surface area contributed by atoms with Crippen molar-refractivity contribution in [3.8, 4) is 0 Å². The molecule has 1 aliphatic rings. The van der Waals surface area contributed by atoms with Crippen molar-refractivity contribution in [2.24, 2.45) is 17.2 Å². The van der Waals surface area contributed by atoms with E-state index < -0.39 is 5.91 Å². The molecule has 9 heteroatoms. The molecule has 0 unspecified atom stereocenters. The van der Waals surface area contributed by atoms with E-state index >= 15 is 0 Å². The predicted molar refractivity (Wildman–Crippen MR) is 105 cm³/mol. The van der Waals surface area contributed by atoms with Gasteiger partial charge >= 0.3 is 0 Å². The highest BCUT2D eigenvalue weighted by Crippen LogP contribution is 2.20. The summed E-state index contributed by atoms with van der Waals surface area (Å²) in [5.41, 5.74) is 17.8. The third-order valence-electron chi connectivity index (χ3n) is 4.26. The minimum Gasteiger partial charge on any atom is -0.397 e. The number of anilines is 2. The molecule has 0 atom stereocenters. The summed E-state index contributed by atoms with van der Waals surface area (Å²) in [7, 11) is 0. The fourth-order valence-corrected chi connectivity index (χ4v) is 2.86. The SMILES string of the molecule is N=C/C(N)=C(/C(=N)Nc1ccc(N2CCN(CCN)CC2)cc1)C(N)=O. The number of benzene rings is 1. The number of nitrogens with one attached hydrogen (secondary N) is 3. The molecule has 1 aliphatic heterocycles. The van der Waals surface area contributed by atoms with Crippen LogP contribution in [0.1, 0.15) is 0 Å². The Bertz CT molecular complexity index is 689. The number of nitrogens with zero attached hydrogens (tertiary/aromatic N) is 2. The Morgan fingerprint density at radius 3 is 2.27 bits per heavy atom. The number of hydrogen-bond acceptors (Lipinski definition) is 7. The van der Waals surface area contributed by atoms with Gasteiger partial charge in [-0.3, -0.25) is 15.1 Å². The van der Waals surface area contributed by atoms with Gasteiger partial charge in [-0.05, 0) is 24.3 Å². The van der Waals surface area contributed by atoms with E-state index in [-0.39, 0.29) is 17.1 Å². The molecule has 0 aliphatic carbocycles. The first-order valence-electron chi connectivity index (χ1n) is 8.39. The smallest absolute Gasteiger partial charge is 0.254 e. The Morgan fingerprint density at radius 1 is 1.15 bits per heavy atom. The van der Waals surface area contributed by atoms with Gasteiger partial charge in [0.05, 0.1) is 5.70 Å². The molecular weight excluding hydrogens is 332 g/mol. The quantitative estimate of drug-likeness (QED) is 0.219. The molecule has 0 aromatic heterocycles. The van der Waals surface area contributed by atoms with Gasteiger partial charge in [0.1, 0.15) is 11.4 Å². The molecule has 0 spiro atoms. The van der Waals surface area contributed by atoms with Crippen LogP contribution in [0.4, 0.5) is 11.4 Å².